The van der Waals surface area contributed by atoms with Gasteiger partial charge in [-0.1, -0.05) is 0 Å². The maximum Gasteiger partial charge on any atom is 0.470 e. The van der Waals surface area contributed by atoms with Gasteiger partial charge in [-0.2, -0.15) is 0 Å². The lowest BCUT2D eigenvalue weighted by atomic mass is 9.93. The zero-order valence-electron chi connectivity index (χ0n) is 15.8. The van der Waals surface area contributed by atoms with Gasteiger partial charge < -0.3 is 70.0 Å². The second-order valence-corrected chi connectivity index (χ2v) is 8.28. The molecule has 17 heteroatoms. The molecule has 2 aliphatic rings. The van der Waals surface area contributed by atoms with E-state index in [1.54, 1.807) is 0 Å². The van der Waals surface area contributed by atoms with Crippen molar-refractivity contribution in [3.05, 3.63) is 0 Å². The van der Waals surface area contributed by atoms with Crippen molar-refractivity contribution in [3.8, 4) is 0 Å². The number of aliphatic hydroxyl groups excluding tert-OH is 9. The van der Waals surface area contributed by atoms with Gasteiger partial charge in [-0.25, -0.2) is 4.57 Å². The van der Waals surface area contributed by atoms with Crippen LogP contribution in [-0.2, 0) is 23.3 Å². The van der Waals surface area contributed by atoms with Crippen molar-refractivity contribution in [1.29, 1.82) is 0 Å². The van der Waals surface area contributed by atoms with Gasteiger partial charge in [-0.15, -0.1) is 0 Å². The van der Waals surface area contributed by atoms with Gasteiger partial charge in [0, 0.05) is 0 Å². The van der Waals surface area contributed by atoms with Crippen LogP contribution < -0.4 is 0 Å². The molecule has 2 fully saturated rings. The van der Waals surface area contributed by atoms with Crippen molar-refractivity contribution in [1.82, 2.24) is 0 Å². The Morgan fingerprint density at radius 1 is 0.774 bits per heavy atom. The Bertz CT molecular complexity index is 617. The van der Waals surface area contributed by atoms with Crippen LogP contribution >= 0.6 is 7.82 Å². The smallest absolute Gasteiger partial charge is 0.394 e. The molecular formula is C14H27O16P. The number of ether oxygens (including phenoxy) is 3. The minimum Gasteiger partial charge on any atom is -0.394 e. The second kappa shape index (κ2) is 10.7. The zero-order chi connectivity index (χ0) is 23.7. The predicted molar refractivity (Wildman–Crippen MR) is 91.5 cm³/mol. The second-order valence-electron chi connectivity index (χ2n) is 7.08. The third kappa shape index (κ3) is 6.15. The van der Waals surface area contributed by atoms with E-state index in [1.807, 2.05) is 0 Å². The van der Waals surface area contributed by atoms with Gasteiger partial charge in [-0.3, -0.25) is 4.52 Å². The summed E-state index contributed by atoms with van der Waals surface area (Å²) in [6.45, 7) is -1.92. The largest absolute Gasteiger partial charge is 0.470 e. The van der Waals surface area contributed by atoms with Crippen LogP contribution in [0.3, 0.4) is 0 Å². The molecule has 31 heavy (non-hydrogen) atoms. The summed E-state index contributed by atoms with van der Waals surface area (Å²) in [5.41, 5.74) is 0. The van der Waals surface area contributed by atoms with Gasteiger partial charge in [0.1, 0.15) is 61.0 Å². The topological polar surface area (TPSA) is 277 Å². The molecule has 0 radical (unpaired) electrons. The highest BCUT2D eigenvalue weighted by Crippen LogP contribution is 2.42. The monoisotopic (exact) mass is 482 g/mol. The first-order valence-corrected chi connectivity index (χ1v) is 10.5. The molecule has 0 spiro atoms. The Kier molecular flexibility index (Phi) is 9.28. The van der Waals surface area contributed by atoms with E-state index in [0.717, 1.165) is 0 Å². The average molecular weight is 482 g/mol. The van der Waals surface area contributed by atoms with Crippen molar-refractivity contribution in [3.63, 3.8) is 0 Å². The van der Waals surface area contributed by atoms with Crippen LogP contribution in [0.15, 0.2) is 0 Å². The van der Waals surface area contributed by atoms with E-state index < -0.39 is 94.7 Å². The lowest BCUT2D eigenvalue weighted by Gasteiger charge is -2.47. The first kappa shape index (κ1) is 26.9. The minimum absolute atomic E-state index is 0.898. The fourth-order valence-corrected chi connectivity index (χ4v) is 3.84. The number of aliphatic hydroxyl groups is 9. The molecule has 0 bridgehead atoms. The molecular weight excluding hydrogens is 455 g/mol. The van der Waals surface area contributed by atoms with Crippen molar-refractivity contribution < 1.29 is 79.0 Å². The Labute approximate surface area is 174 Å². The van der Waals surface area contributed by atoms with Crippen LogP contribution in [0.2, 0.25) is 0 Å². The van der Waals surface area contributed by atoms with Gasteiger partial charge in [0.05, 0.1) is 13.2 Å². The van der Waals surface area contributed by atoms with Crippen LogP contribution in [0.4, 0.5) is 0 Å². The fourth-order valence-electron chi connectivity index (χ4n) is 3.28. The van der Waals surface area contributed by atoms with E-state index in [0.29, 0.717) is 0 Å². The van der Waals surface area contributed by atoms with Crippen LogP contribution in [0.1, 0.15) is 0 Å². The van der Waals surface area contributed by atoms with E-state index in [-0.39, 0.29) is 0 Å². The molecule has 11 N–H and O–H groups in total. The van der Waals surface area contributed by atoms with Gasteiger partial charge in [0.2, 0.25) is 0 Å². The number of hydrogen-bond donors (Lipinski definition) is 11. The molecule has 16 nitrogen and oxygen atoms in total. The Morgan fingerprint density at radius 2 is 1.32 bits per heavy atom. The number of phosphoric acid groups is 1. The molecule has 0 amide bonds. The average Bonchev–Trinajstić information content (AvgIpc) is 2.70. The predicted octanol–water partition coefficient (Wildman–Crippen LogP) is -6.56. The maximum atomic E-state index is 11.2. The van der Waals surface area contributed by atoms with Crippen molar-refractivity contribution in [2.24, 2.45) is 0 Å². The number of rotatable bonds is 8. The van der Waals surface area contributed by atoms with Crippen molar-refractivity contribution in [2.45, 2.75) is 73.6 Å². The van der Waals surface area contributed by atoms with Crippen molar-refractivity contribution in [2.75, 3.05) is 13.2 Å². The van der Waals surface area contributed by atoms with E-state index in [1.165, 1.54) is 0 Å². The molecule has 0 unspecified atom stereocenters. The highest BCUT2D eigenvalue weighted by molar-refractivity contribution is 7.46. The third-order valence-corrected chi connectivity index (χ3v) is 5.38. The van der Waals surface area contributed by atoms with Crippen LogP contribution in [0, 0.1) is 0 Å². The van der Waals surface area contributed by atoms with Gasteiger partial charge >= 0.3 is 7.82 Å². The number of hydrogen-bond acceptors (Lipinski definition) is 14. The zero-order valence-corrected chi connectivity index (χ0v) is 16.6. The standard InChI is InChI=1S/C14H27O16P/c15-1-3(17)9-7(21)11(8(22)13(23)27-9)29-14-6(20)5(19)12(30-31(24,25)26)10(28-14)4(18)2-16/h3-23H,1-2H2,(H2,24,25,26)/t3-,4-,5+,6-,7+,8-,9+,10+,11-,12-,13-,14+/m0/s1. The summed E-state index contributed by atoms with van der Waals surface area (Å²) in [6.07, 6.45) is -23.2. The van der Waals surface area contributed by atoms with Gasteiger partial charge in [0.25, 0.3) is 0 Å². The summed E-state index contributed by atoms with van der Waals surface area (Å²) in [6, 6.07) is 0. The summed E-state index contributed by atoms with van der Waals surface area (Å²) < 4.78 is 30.7. The molecule has 2 rings (SSSR count). The SMILES string of the molecule is O=P(O)(O)O[C@H]1[C@H](O)[C@H](O)[C@@H](O[C@H]2[C@H](O)[C@@H]([C@@H](O)CO)O[C@H](O)[C@H]2O)O[C@@H]1[C@@H](O)CO. The highest BCUT2D eigenvalue weighted by Gasteiger charge is 2.54. The van der Waals surface area contributed by atoms with Crippen LogP contribution in [-0.4, -0.2) is 143 Å². The Balaban J connectivity index is 2.26. The van der Waals surface area contributed by atoms with Crippen LogP contribution in [0.5, 0.6) is 0 Å². The van der Waals surface area contributed by atoms with E-state index in [2.05, 4.69) is 4.52 Å². The van der Waals surface area contributed by atoms with Crippen molar-refractivity contribution >= 4 is 7.82 Å². The molecule has 0 aromatic carbocycles. The molecule has 12 atom stereocenters. The molecule has 2 aliphatic heterocycles. The molecule has 0 aliphatic carbocycles. The molecule has 2 heterocycles. The summed E-state index contributed by atoms with van der Waals surface area (Å²) in [4.78, 5) is 18.0. The first-order chi connectivity index (χ1) is 14.3. The number of phosphoric ester groups is 1. The van der Waals surface area contributed by atoms with E-state index >= 15 is 0 Å². The first-order valence-electron chi connectivity index (χ1n) is 9.00. The summed E-state index contributed by atoms with van der Waals surface area (Å²) >= 11 is 0. The molecule has 2 saturated heterocycles. The maximum absolute atomic E-state index is 11.2. The van der Waals surface area contributed by atoms with E-state index in [9.17, 15) is 40.3 Å². The normalized spacial score (nSPS) is 44.1. The van der Waals surface area contributed by atoms with Crippen LogP contribution in [0.25, 0.3) is 0 Å². The molecule has 0 aromatic heterocycles. The Morgan fingerprint density at radius 3 is 1.84 bits per heavy atom. The lowest BCUT2D eigenvalue weighted by Crippen LogP contribution is -2.66. The lowest BCUT2D eigenvalue weighted by molar-refractivity contribution is -0.362. The summed E-state index contributed by atoms with van der Waals surface area (Å²) in [5.74, 6) is 0. The highest BCUT2D eigenvalue weighted by atomic mass is 31.2. The third-order valence-electron chi connectivity index (χ3n) is 4.86. The minimum atomic E-state index is -5.26. The summed E-state index contributed by atoms with van der Waals surface area (Å²) in [5, 5.41) is 88.4. The summed E-state index contributed by atoms with van der Waals surface area (Å²) in [7, 11) is -5.26. The van der Waals surface area contributed by atoms with Gasteiger partial charge in [0.15, 0.2) is 12.6 Å². The van der Waals surface area contributed by atoms with E-state index in [4.69, 9.17) is 34.2 Å². The van der Waals surface area contributed by atoms with Gasteiger partial charge in [-0.05, 0) is 0 Å². The molecule has 0 saturated carbocycles. The quantitative estimate of drug-likeness (QED) is 0.143. The molecule has 184 valence electrons. The Hall–Kier alpha value is -0.370. The molecule has 0 aromatic rings. The fraction of sp³-hybridized carbons (Fsp3) is 1.00.